The monoisotopic (exact) mass is 241 g/mol. The molecule has 2 aromatic rings. The predicted molar refractivity (Wildman–Crippen MR) is 73.6 cm³/mol. The van der Waals surface area contributed by atoms with Crippen molar-refractivity contribution in [1.29, 1.82) is 0 Å². The summed E-state index contributed by atoms with van der Waals surface area (Å²) in [5, 5.41) is 10.4. The van der Waals surface area contributed by atoms with E-state index in [0.717, 1.165) is 16.8 Å². The fraction of sp³-hybridized carbons (Fsp3) is 0.312. The molecule has 0 saturated carbocycles. The minimum Gasteiger partial charge on any atom is -0.384 e. The zero-order valence-corrected chi connectivity index (χ0v) is 11.1. The Balaban J connectivity index is 2.29. The van der Waals surface area contributed by atoms with Crippen molar-refractivity contribution in [1.82, 2.24) is 4.98 Å². The van der Waals surface area contributed by atoms with Crippen LogP contribution in [-0.2, 0) is 0 Å². The van der Waals surface area contributed by atoms with Gasteiger partial charge in [-0.25, -0.2) is 0 Å². The number of aryl methyl sites for hydroxylation is 1. The Morgan fingerprint density at radius 1 is 1.00 bits per heavy atom. The van der Waals surface area contributed by atoms with Crippen LogP contribution in [0.1, 0.15) is 48.3 Å². The van der Waals surface area contributed by atoms with E-state index in [4.69, 9.17) is 0 Å². The summed E-state index contributed by atoms with van der Waals surface area (Å²) in [4.78, 5) is 4.21. The highest BCUT2D eigenvalue weighted by Crippen LogP contribution is 2.25. The molecule has 0 spiro atoms. The van der Waals surface area contributed by atoms with E-state index < -0.39 is 6.10 Å². The molecule has 94 valence electrons. The van der Waals surface area contributed by atoms with Crippen LogP contribution in [-0.4, -0.2) is 10.1 Å². The largest absolute Gasteiger partial charge is 0.384 e. The summed E-state index contributed by atoms with van der Waals surface area (Å²) >= 11 is 0. The quantitative estimate of drug-likeness (QED) is 0.890. The van der Waals surface area contributed by atoms with E-state index in [1.165, 1.54) is 5.56 Å². The standard InChI is InChI=1S/C16H19NO/c1-11(2)13-6-8-14(9-7-13)16(18)15-5-4-10-17-12(15)3/h4-11,16,18H,1-3H3. The molecule has 1 aromatic carbocycles. The van der Waals surface area contributed by atoms with Gasteiger partial charge in [0.05, 0.1) is 0 Å². The first-order valence-corrected chi connectivity index (χ1v) is 6.29. The summed E-state index contributed by atoms with van der Waals surface area (Å²) < 4.78 is 0. The second kappa shape index (κ2) is 5.32. The van der Waals surface area contributed by atoms with Crippen molar-refractivity contribution < 1.29 is 5.11 Å². The summed E-state index contributed by atoms with van der Waals surface area (Å²) in [6, 6.07) is 11.9. The summed E-state index contributed by atoms with van der Waals surface area (Å²) in [6.45, 7) is 6.24. The SMILES string of the molecule is Cc1ncccc1C(O)c1ccc(C(C)C)cc1. The molecular weight excluding hydrogens is 222 g/mol. The number of pyridine rings is 1. The number of aliphatic hydroxyl groups is 1. The van der Waals surface area contributed by atoms with Crippen LogP contribution in [0.5, 0.6) is 0 Å². The highest BCUT2D eigenvalue weighted by Gasteiger charge is 2.13. The predicted octanol–water partition coefficient (Wildman–Crippen LogP) is 3.60. The van der Waals surface area contributed by atoms with Crippen molar-refractivity contribution in [2.45, 2.75) is 32.8 Å². The Labute approximate surface area is 108 Å². The zero-order valence-electron chi connectivity index (χ0n) is 11.1. The van der Waals surface area contributed by atoms with Gasteiger partial charge in [0.1, 0.15) is 6.10 Å². The van der Waals surface area contributed by atoms with Crippen LogP contribution < -0.4 is 0 Å². The summed E-state index contributed by atoms with van der Waals surface area (Å²) in [5.41, 5.74) is 3.94. The Morgan fingerprint density at radius 2 is 1.61 bits per heavy atom. The van der Waals surface area contributed by atoms with Gasteiger partial charge in [-0.3, -0.25) is 4.98 Å². The third-order valence-corrected chi connectivity index (χ3v) is 3.26. The molecule has 0 saturated heterocycles. The van der Waals surface area contributed by atoms with Crippen LogP contribution in [0.3, 0.4) is 0 Å². The second-order valence-electron chi connectivity index (χ2n) is 4.90. The van der Waals surface area contributed by atoms with Gasteiger partial charge in [0, 0.05) is 17.5 Å². The molecule has 0 amide bonds. The molecule has 0 bridgehead atoms. The van der Waals surface area contributed by atoms with Crippen LogP contribution in [0, 0.1) is 6.92 Å². The third kappa shape index (κ3) is 2.59. The molecule has 1 heterocycles. The first-order valence-electron chi connectivity index (χ1n) is 6.29. The molecule has 0 fully saturated rings. The molecule has 2 heteroatoms. The maximum Gasteiger partial charge on any atom is 0.106 e. The number of hydrogen-bond donors (Lipinski definition) is 1. The van der Waals surface area contributed by atoms with E-state index in [1.807, 2.05) is 31.2 Å². The number of rotatable bonds is 3. The minimum absolute atomic E-state index is 0.510. The summed E-state index contributed by atoms with van der Waals surface area (Å²) in [5.74, 6) is 0.510. The van der Waals surface area contributed by atoms with Gasteiger partial charge < -0.3 is 5.11 Å². The lowest BCUT2D eigenvalue weighted by atomic mass is 9.96. The zero-order chi connectivity index (χ0) is 13.1. The molecule has 0 radical (unpaired) electrons. The van der Waals surface area contributed by atoms with Crippen molar-refractivity contribution in [3.63, 3.8) is 0 Å². The highest BCUT2D eigenvalue weighted by atomic mass is 16.3. The lowest BCUT2D eigenvalue weighted by Gasteiger charge is -2.14. The van der Waals surface area contributed by atoms with Gasteiger partial charge >= 0.3 is 0 Å². The van der Waals surface area contributed by atoms with Crippen molar-refractivity contribution in [2.24, 2.45) is 0 Å². The topological polar surface area (TPSA) is 33.1 Å². The average molecular weight is 241 g/mol. The van der Waals surface area contributed by atoms with Gasteiger partial charge in [0.25, 0.3) is 0 Å². The molecule has 1 N–H and O–H groups in total. The van der Waals surface area contributed by atoms with Crippen LogP contribution in [0.2, 0.25) is 0 Å². The number of benzene rings is 1. The Kier molecular flexibility index (Phi) is 3.78. The van der Waals surface area contributed by atoms with E-state index in [1.54, 1.807) is 6.20 Å². The molecule has 0 aliphatic rings. The smallest absolute Gasteiger partial charge is 0.106 e. The van der Waals surface area contributed by atoms with Crippen molar-refractivity contribution >= 4 is 0 Å². The number of aliphatic hydroxyl groups excluding tert-OH is 1. The molecule has 2 rings (SSSR count). The molecule has 1 atom stereocenters. The number of nitrogens with zero attached hydrogens (tertiary/aromatic N) is 1. The Bertz CT molecular complexity index is 517. The molecule has 1 unspecified atom stereocenters. The van der Waals surface area contributed by atoms with Gasteiger partial charge in [-0.2, -0.15) is 0 Å². The second-order valence-corrected chi connectivity index (χ2v) is 4.90. The maximum atomic E-state index is 10.4. The van der Waals surface area contributed by atoms with Gasteiger partial charge in [-0.05, 0) is 30.0 Å². The molecule has 18 heavy (non-hydrogen) atoms. The molecule has 0 aliphatic carbocycles. The average Bonchev–Trinajstić information content (AvgIpc) is 2.38. The maximum absolute atomic E-state index is 10.4. The van der Waals surface area contributed by atoms with Gasteiger partial charge in [0.15, 0.2) is 0 Å². The highest BCUT2D eigenvalue weighted by molar-refractivity contribution is 5.34. The van der Waals surface area contributed by atoms with Crippen LogP contribution in [0.25, 0.3) is 0 Å². The number of aromatic nitrogens is 1. The van der Waals surface area contributed by atoms with E-state index >= 15 is 0 Å². The summed E-state index contributed by atoms with van der Waals surface area (Å²) in [6.07, 6.45) is 1.15. The third-order valence-electron chi connectivity index (χ3n) is 3.26. The van der Waals surface area contributed by atoms with Crippen molar-refractivity contribution in [2.75, 3.05) is 0 Å². The lowest BCUT2D eigenvalue weighted by Crippen LogP contribution is -2.03. The fourth-order valence-electron chi connectivity index (χ4n) is 2.03. The van der Waals surface area contributed by atoms with E-state index in [9.17, 15) is 5.11 Å². The van der Waals surface area contributed by atoms with Gasteiger partial charge in [-0.15, -0.1) is 0 Å². The fourth-order valence-corrected chi connectivity index (χ4v) is 2.03. The lowest BCUT2D eigenvalue weighted by molar-refractivity contribution is 0.219. The number of hydrogen-bond acceptors (Lipinski definition) is 2. The first kappa shape index (κ1) is 12.8. The molecule has 0 aliphatic heterocycles. The van der Waals surface area contributed by atoms with Crippen molar-refractivity contribution in [3.8, 4) is 0 Å². The molecule has 2 nitrogen and oxygen atoms in total. The minimum atomic E-state index is -0.597. The molecular formula is C16H19NO. The normalized spacial score (nSPS) is 12.7. The van der Waals surface area contributed by atoms with Crippen LogP contribution in [0.15, 0.2) is 42.6 Å². The molecule has 1 aromatic heterocycles. The van der Waals surface area contributed by atoms with E-state index in [2.05, 4.69) is 31.0 Å². The van der Waals surface area contributed by atoms with Gasteiger partial charge in [-0.1, -0.05) is 44.2 Å². The van der Waals surface area contributed by atoms with E-state index in [-0.39, 0.29) is 0 Å². The Hall–Kier alpha value is -1.67. The van der Waals surface area contributed by atoms with Crippen LogP contribution in [0.4, 0.5) is 0 Å². The Morgan fingerprint density at radius 3 is 2.17 bits per heavy atom. The van der Waals surface area contributed by atoms with Crippen LogP contribution >= 0.6 is 0 Å². The summed E-state index contributed by atoms with van der Waals surface area (Å²) in [7, 11) is 0. The van der Waals surface area contributed by atoms with Gasteiger partial charge in [0.2, 0.25) is 0 Å². The first-order chi connectivity index (χ1) is 8.59. The van der Waals surface area contributed by atoms with E-state index in [0.29, 0.717) is 5.92 Å². The van der Waals surface area contributed by atoms with Crippen molar-refractivity contribution in [3.05, 3.63) is 65.0 Å².